The molecule has 0 unspecified atom stereocenters. The predicted molar refractivity (Wildman–Crippen MR) is 78.7 cm³/mol. The first-order chi connectivity index (χ1) is 9.19. The number of benzene rings is 2. The lowest BCUT2D eigenvalue weighted by atomic mass is 10.1. The van der Waals surface area contributed by atoms with Gasteiger partial charge in [-0.15, -0.1) is 0 Å². The van der Waals surface area contributed by atoms with Crippen LogP contribution in [0.1, 0.15) is 16.7 Å². The van der Waals surface area contributed by atoms with E-state index in [1.807, 2.05) is 18.2 Å². The second-order valence-corrected chi connectivity index (χ2v) is 4.67. The summed E-state index contributed by atoms with van der Waals surface area (Å²) in [7, 11) is 0. The Labute approximate surface area is 117 Å². The van der Waals surface area contributed by atoms with E-state index in [1.54, 1.807) is 12.1 Å². The molecule has 0 saturated heterocycles. The van der Waals surface area contributed by atoms with Crippen molar-refractivity contribution in [2.45, 2.75) is 13.5 Å². The second kappa shape index (κ2) is 6.25. The Morgan fingerprint density at radius 3 is 2.63 bits per heavy atom. The molecule has 0 atom stereocenters. The van der Waals surface area contributed by atoms with Gasteiger partial charge in [0.1, 0.15) is 12.4 Å². The van der Waals surface area contributed by atoms with Gasteiger partial charge in [-0.1, -0.05) is 41.4 Å². The van der Waals surface area contributed by atoms with Crippen molar-refractivity contribution in [1.29, 1.82) is 0 Å². The number of hydrazone groups is 1. The highest BCUT2D eigenvalue weighted by atomic mass is 35.5. The van der Waals surface area contributed by atoms with Gasteiger partial charge in [-0.25, -0.2) is 0 Å². The van der Waals surface area contributed by atoms with Crippen LogP contribution in [0.3, 0.4) is 0 Å². The first kappa shape index (κ1) is 13.4. The van der Waals surface area contributed by atoms with Gasteiger partial charge in [0.05, 0.1) is 6.21 Å². The average Bonchev–Trinajstić information content (AvgIpc) is 2.40. The van der Waals surface area contributed by atoms with Crippen molar-refractivity contribution in [1.82, 2.24) is 0 Å². The summed E-state index contributed by atoms with van der Waals surface area (Å²) in [6, 6.07) is 13.6. The Bertz CT molecular complexity index is 579. The van der Waals surface area contributed by atoms with Crippen LogP contribution in [0.2, 0.25) is 5.02 Å². The van der Waals surface area contributed by atoms with Crippen molar-refractivity contribution in [2.75, 3.05) is 0 Å². The lowest BCUT2D eigenvalue weighted by Crippen LogP contribution is -1.99. The third kappa shape index (κ3) is 3.73. The topological polar surface area (TPSA) is 47.6 Å². The van der Waals surface area contributed by atoms with Crippen LogP contribution in [0.25, 0.3) is 0 Å². The maximum atomic E-state index is 5.93. The summed E-state index contributed by atoms with van der Waals surface area (Å²) in [5, 5.41) is 4.13. The van der Waals surface area contributed by atoms with E-state index in [-0.39, 0.29) is 0 Å². The van der Waals surface area contributed by atoms with Crippen molar-refractivity contribution in [3.63, 3.8) is 0 Å². The molecule has 0 saturated carbocycles. The smallest absolute Gasteiger partial charge is 0.128 e. The molecule has 0 spiro atoms. The van der Waals surface area contributed by atoms with E-state index >= 15 is 0 Å². The minimum Gasteiger partial charge on any atom is -0.488 e. The number of hydrogen-bond donors (Lipinski definition) is 1. The molecule has 98 valence electrons. The third-order valence-corrected chi connectivity index (χ3v) is 2.94. The molecule has 2 aromatic rings. The maximum Gasteiger partial charge on any atom is 0.128 e. The monoisotopic (exact) mass is 274 g/mol. The molecule has 2 N–H and O–H groups in total. The number of ether oxygens (including phenoxy) is 1. The molecule has 0 radical (unpaired) electrons. The Hall–Kier alpha value is -2.00. The van der Waals surface area contributed by atoms with E-state index in [0.29, 0.717) is 17.4 Å². The van der Waals surface area contributed by atoms with Crippen LogP contribution in [-0.2, 0) is 6.61 Å². The zero-order valence-electron chi connectivity index (χ0n) is 10.6. The fourth-order valence-electron chi connectivity index (χ4n) is 1.68. The highest BCUT2D eigenvalue weighted by Crippen LogP contribution is 2.22. The lowest BCUT2D eigenvalue weighted by Gasteiger charge is -2.09. The van der Waals surface area contributed by atoms with Gasteiger partial charge in [0.25, 0.3) is 0 Å². The SMILES string of the molecule is Cc1ccc(COc2ccc(Cl)cc2C=NN)cc1. The molecule has 0 amide bonds. The van der Waals surface area contributed by atoms with Gasteiger partial charge < -0.3 is 10.6 Å². The lowest BCUT2D eigenvalue weighted by molar-refractivity contribution is 0.306. The maximum absolute atomic E-state index is 5.93. The molecule has 4 heteroatoms. The molecule has 0 heterocycles. The van der Waals surface area contributed by atoms with E-state index in [2.05, 4.69) is 24.2 Å². The van der Waals surface area contributed by atoms with Gasteiger partial charge in [-0.3, -0.25) is 0 Å². The first-order valence-corrected chi connectivity index (χ1v) is 6.28. The standard InChI is InChI=1S/C15H15ClN2O/c1-11-2-4-12(5-3-11)10-19-15-7-6-14(16)8-13(15)9-18-17/h2-9H,10,17H2,1H3. The highest BCUT2D eigenvalue weighted by molar-refractivity contribution is 6.30. The van der Waals surface area contributed by atoms with Crippen molar-refractivity contribution >= 4 is 17.8 Å². The van der Waals surface area contributed by atoms with Crippen LogP contribution in [0.4, 0.5) is 0 Å². The molecule has 0 aliphatic heterocycles. The highest BCUT2D eigenvalue weighted by Gasteiger charge is 2.03. The minimum absolute atomic E-state index is 0.493. The van der Waals surface area contributed by atoms with Gasteiger partial charge in [0.2, 0.25) is 0 Å². The molecule has 0 aromatic heterocycles. The first-order valence-electron chi connectivity index (χ1n) is 5.90. The van der Waals surface area contributed by atoms with Crippen LogP contribution < -0.4 is 10.6 Å². The van der Waals surface area contributed by atoms with E-state index in [9.17, 15) is 0 Å². The Morgan fingerprint density at radius 2 is 1.95 bits per heavy atom. The summed E-state index contributed by atoms with van der Waals surface area (Å²) in [5.41, 5.74) is 3.10. The molecule has 0 aliphatic carbocycles. The van der Waals surface area contributed by atoms with Crippen LogP contribution in [-0.4, -0.2) is 6.21 Å². The summed E-state index contributed by atoms with van der Waals surface area (Å²) in [4.78, 5) is 0. The van der Waals surface area contributed by atoms with Crippen LogP contribution in [0, 0.1) is 6.92 Å². The van der Waals surface area contributed by atoms with E-state index in [0.717, 1.165) is 11.1 Å². The normalized spacial score (nSPS) is 10.8. The van der Waals surface area contributed by atoms with Gasteiger partial charge in [0, 0.05) is 10.6 Å². The molecular weight excluding hydrogens is 260 g/mol. The number of rotatable bonds is 4. The van der Waals surface area contributed by atoms with Crippen molar-refractivity contribution < 1.29 is 4.74 Å². The van der Waals surface area contributed by atoms with Crippen LogP contribution in [0.15, 0.2) is 47.6 Å². The zero-order chi connectivity index (χ0) is 13.7. The van der Waals surface area contributed by atoms with Crippen LogP contribution in [0.5, 0.6) is 5.75 Å². The van der Waals surface area contributed by atoms with Crippen LogP contribution >= 0.6 is 11.6 Å². The molecule has 2 rings (SSSR count). The van der Waals surface area contributed by atoms with Gasteiger partial charge in [-0.2, -0.15) is 5.10 Å². The summed E-state index contributed by atoms with van der Waals surface area (Å²) in [5.74, 6) is 5.88. The zero-order valence-corrected chi connectivity index (χ0v) is 11.4. The molecule has 2 aromatic carbocycles. The molecular formula is C15H15ClN2O. The largest absolute Gasteiger partial charge is 0.488 e. The number of hydrogen-bond acceptors (Lipinski definition) is 3. The summed E-state index contributed by atoms with van der Waals surface area (Å²) in [6.45, 7) is 2.55. The number of nitrogens with zero attached hydrogens (tertiary/aromatic N) is 1. The summed E-state index contributed by atoms with van der Waals surface area (Å²) in [6.07, 6.45) is 1.52. The number of halogens is 1. The Morgan fingerprint density at radius 1 is 1.21 bits per heavy atom. The third-order valence-electron chi connectivity index (χ3n) is 2.70. The number of aryl methyl sites for hydroxylation is 1. The van der Waals surface area contributed by atoms with Gasteiger partial charge in [-0.05, 0) is 30.7 Å². The van der Waals surface area contributed by atoms with Crippen molar-refractivity contribution in [3.05, 3.63) is 64.2 Å². The second-order valence-electron chi connectivity index (χ2n) is 4.23. The average molecular weight is 275 g/mol. The van der Waals surface area contributed by atoms with Gasteiger partial charge in [0.15, 0.2) is 0 Å². The Kier molecular flexibility index (Phi) is 4.42. The minimum atomic E-state index is 0.493. The fourth-order valence-corrected chi connectivity index (χ4v) is 1.86. The molecule has 0 fully saturated rings. The molecule has 3 nitrogen and oxygen atoms in total. The quantitative estimate of drug-likeness (QED) is 0.527. The summed E-state index contributed by atoms with van der Waals surface area (Å²) >= 11 is 5.93. The molecule has 0 aliphatic rings. The van der Waals surface area contributed by atoms with Crippen molar-refractivity contribution in [3.8, 4) is 5.75 Å². The van der Waals surface area contributed by atoms with E-state index in [4.69, 9.17) is 22.2 Å². The van der Waals surface area contributed by atoms with Gasteiger partial charge >= 0.3 is 0 Å². The Balaban J connectivity index is 2.12. The molecule has 19 heavy (non-hydrogen) atoms. The summed E-state index contributed by atoms with van der Waals surface area (Å²) < 4.78 is 5.77. The van der Waals surface area contributed by atoms with Crippen molar-refractivity contribution in [2.24, 2.45) is 10.9 Å². The predicted octanol–water partition coefficient (Wildman–Crippen LogP) is 3.52. The molecule has 0 bridgehead atoms. The number of nitrogens with two attached hydrogens (primary N) is 1. The van der Waals surface area contributed by atoms with E-state index < -0.39 is 0 Å². The fraction of sp³-hybridized carbons (Fsp3) is 0.133. The van der Waals surface area contributed by atoms with E-state index in [1.165, 1.54) is 11.8 Å².